The van der Waals surface area contributed by atoms with Gasteiger partial charge in [-0.3, -0.25) is 9.59 Å². The monoisotopic (exact) mass is 562 g/mol. The van der Waals surface area contributed by atoms with Crippen molar-refractivity contribution in [3.63, 3.8) is 0 Å². The van der Waals surface area contributed by atoms with Gasteiger partial charge in [0.2, 0.25) is 0 Å². The van der Waals surface area contributed by atoms with Gasteiger partial charge in [-0.15, -0.1) is 0 Å². The molecule has 0 aromatic heterocycles. The van der Waals surface area contributed by atoms with Crippen molar-refractivity contribution in [3.8, 4) is 0 Å². The van der Waals surface area contributed by atoms with Crippen LogP contribution in [0, 0.1) is 0 Å². The molecule has 0 aliphatic rings. The summed E-state index contributed by atoms with van der Waals surface area (Å²) in [6.45, 7) is 4.38. The number of aliphatic carboxylic acids is 1. The lowest BCUT2D eigenvalue weighted by molar-refractivity contribution is -0.150. The van der Waals surface area contributed by atoms with E-state index in [1.165, 1.54) is 103 Å². The highest BCUT2D eigenvalue weighted by molar-refractivity contribution is 5.69. The van der Waals surface area contributed by atoms with Crippen LogP contribution >= 0.6 is 0 Å². The molecule has 40 heavy (non-hydrogen) atoms. The second-order valence-electron chi connectivity index (χ2n) is 11.7. The Morgan fingerprint density at radius 1 is 0.550 bits per heavy atom. The molecule has 0 rings (SSSR count). The highest BCUT2D eigenvalue weighted by Gasteiger charge is 2.13. The van der Waals surface area contributed by atoms with Crippen LogP contribution in [0.15, 0.2) is 24.3 Å². The zero-order chi connectivity index (χ0) is 29.4. The van der Waals surface area contributed by atoms with Crippen LogP contribution in [-0.2, 0) is 14.3 Å². The molecule has 4 nitrogen and oxygen atoms in total. The summed E-state index contributed by atoms with van der Waals surface area (Å²) >= 11 is 0. The van der Waals surface area contributed by atoms with E-state index in [4.69, 9.17) is 9.84 Å². The topological polar surface area (TPSA) is 63.6 Å². The van der Waals surface area contributed by atoms with Gasteiger partial charge in [0.25, 0.3) is 0 Å². The number of allylic oxidation sites excluding steroid dienone is 4. The molecule has 0 saturated carbocycles. The summed E-state index contributed by atoms with van der Waals surface area (Å²) in [6, 6.07) is 0. The number of carboxylic acid groups (broad SMARTS) is 1. The molecule has 0 spiro atoms. The van der Waals surface area contributed by atoms with E-state index in [0.717, 1.165) is 51.4 Å². The molecule has 0 fully saturated rings. The van der Waals surface area contributed by atoms with Crippen LogP contribution < -0.4 is 0 Å². The number of carboxylic acids is 1. The second-order valence-corrected chi connectivity index (χ2v) is 11.7. The van der Waals surface area contributed by atoms with Gasteiger partial charge < -0.3 is 9.84 Å². The first-order chi connectivity index (χ1) is 19.6. The molecular formula is C36H66O4. The standard InChI is InChI=1S/C36H66O4/c1-3-5-6-7-8-9-10-11-12-13-14-15-16-17-18-19-20-21-22-23-24-25-29-33-36(39)40-34(30-4-2)31-27-26-28-32-35(37)38/h10-11,13-14,34H,3-9,12,15-33H2,1-2H3,(H,37,38)/b11-10-,14-13-. The molecule has 0 amide bonds. The van der Waals surface area contributed by atoms with E-state index in [0.29, 0.717) is 12.8 Å². The molecule has 0 radical (unpaired) electrons. The summed E-state index contributed by atoms with van der Waals surface area (Å²) in [4.78, 5) is 22.8. The molecule has 1 N–H and O–H groups in total. The molecule has 0 aromatic carbocycles. The Hall–Kier alpha value is -1.58. The average Bonchev–Trinajstić information content (AvgIpc) is 2.93. The first-order valence-electron chi connectivity index (χ1n) is 17.3. The molecule has 1 unspecified atom stereocenters. The summed E-state index contributed by atoms with van der Waals surface area (Å²) < 4.78 is 5.71. The van der Waals surface area contributed by atoms with Crippen LogP contribution in [0.3, 0.4) is 0 Å². The van der Waals surface area contributed by atoms with Crippen molar-refractivity contribution in [3.05, 3.63) is 24.3 Å². The zero-order valence-corrected chi connectivity index (χ0v) is 26.7. The summed E-state index contributed by atoms with van der Waals surface area (Å²) in [5.41, 5.74) is 0. The third kappa shape index (κ3) is 31.0. The van der Waals surface area contributed by atoms with E-state index >= 15 is 0 Å². The number of carbonyl (C=O) groups is 2. The Morgan fingerprint density at radius 3 is 1.55 bits per heavy atom. The highest BCUT2D eigenvalue weighted by atomic mass is 16.5. The summed E-state index contributed by atoms with van der Waals surface area (Å²) in [5, 5.41) is 8.72. The van der Waals surface area contributed by atoms with Crippen molar-refractivity contribution in [1.82, 2.24) is 0 Å². The first-order valence-corrected chi connectivity index (χ1v) is 17.3. The number of ether oxygens (including phenoxy) is 1. The number of esters is 1. The van der Waals surface area contributed by atoms with Crippen LogP contribution in [-0.4, -0.2) is 23.1 Å². The SMILES string of the molecule is CCCCCCC/C=C\C/C=C\CCCCCCCCCCCCCC(=O)OC(CCC)CCCCCC(=O)O. The average molecular weight is 563 g/mol. The predicted octanol–water partition coefficient (Wildman–Crippen LogP) is 11.7. The molecule has 0 heterocycles. The fraction of sp³-hybridized carbons (Fsp3) is 0.833. The predicted molar refractivity (Wildman–Crippen MR) is 172 cm³/mol. The highest BCUT2D eigenvalue weighted by Crippen LogP contribution is 2.16. The molecule has 0 aliphatic carbocycles. The van der Waals surface area contributed by atoms with Crippen LogP contribution in [0.1, 0.15) is 187 Å². The molecule has 4 heteroatoms. The van der Waals surface area contributed by atoms with Gasteiger partial charge in [-0.25, -0.2) is 0 Å². The van der Waals surface area contributed by atoms with E-state index in [1.54, 1.807) is 0 Å². The van der Waals surface area contributed by atoms with Crippen LogP contribution in [0.4, 0.5) is 0 Å². The maximum Gasteiger partial charge on any atom is 0.306 e. The number of rotatable bonds is 31. The van der Waals surface area contributed by atoms with Crippen molar-refractivity contribution in [2.45, 2.75) is 193 Å². The molecule has 0 aromatic rings. The van der Waals surface area contributed by atoms with Gasteiger partial charge in [-0.05, 0) is 64.2 Å². The fourth-order valence-corrected chi connectivity index (χ4v) is 5.15. The maximum atomic E-state index is 12.2. The molecule has 0 bridgehead atoms. The zero-order valence-electron chi connectivity index (χ0n) is 26.7. The van der Waals surface area contributed by atoms with E-state index in [-0.39, 0.29) is 18.5 Å². The maximum absolute atomic E-state index is 12.2. The Morgan fingerprint density at radius 2 is 1.02 bits per heavy atom. The lowest BCUT2D eigenvalue weighted by atomic mass is 10.0. The fourth-order valence-electron chi connectivity index (χ4n) is 5.15. The minimum Gasteiger partial charge on any atom is -0.481 e. The quantitative estimate of drug-likeness (QED) is 0.0518. The largest absolute Gasteiger partial charge is 0.481 e. The molecular weight excluding hydrogens is 496 g/mol. The number of hydrogen-bond donors (Lipinski definition) is 1. The molecule has 0 aliphatic heterocycles. The van der Waals surface area contributed by atoms with Gasteiger partial charge in [-0.1, -0.05) is 134 Å². The second kappa shape index (κ2) is 31.9. The third-order valence-corrected chi connectivity index (χ3v) is 7.66. The Kier molecular flexibility index (Phi) is 30.7. The van der Waals surface area contributed by atoms with E-state index in [9.17, 15) is 9.59 Å². The van der Waals surface area contributed by atoms with Crippen molar-refractivity contribution in [1.29, 1.82) is 0 Å². The Balaban J connectivity index is 3.45. The van der Waals surface area contributed by atoms with Gasteiger partial charge in [-0.2, -0.15) is 0 Å². The minimum atomic E-state index is -0.733. The van der Waals surface area contributed by atoms with Gasteiger partial charge in [0.15, 0.2) is 0 Å². The van der Waals surface area contributed by atoms with E-state index < -0.39 is 5.97 Å². The van der Waals surface area contributed by atoms with E-state index in [2.05, 4.69) is 38.2 Å². The number of hydrogen-bond acceptors (Lipinski definition) is 3. The van der Waals surface area contributed by atoms with Crippen molar-refractivity contribution >= 4 is 11.9 Å². The van der Waals surface area contributed by atoms with Gasteiger partial charge in [0, 0.05) is 12.8 Å². The molecule has 1 atom stereocenters. The van der Waals surface area contributed by atoms with Gasteiger partial charge >= 0.3 is 11.9 Å². The molecule has 234 valence electrons. The van der Waals surface area contributed by atoms with Crippen molar-refractivity contribution < 1.29 is 19.4 Å². The summed E-state index contributed by atoms with van der Waals surface area (Å²) in [5.74, 6) is -0.789. The third-order valence-electron chi connectivity index (χ3n) is 7.66. The first kappa shape index (κ1) is 38.4. The van der Waals surface area contributed by atoms with Crippen LogP contribution in [0.5, 0.6) is 0 Å². The smallest absolute Gasteiger partial charge is 0.306 e. The van der Waals surface area contributed by atoms with Gasteiger partial charge in [0.1, 0.15) is 6.10 Å². The summed E-state index contributed by atoms with van der Waals surface area (Å²) in [6.07, 6.45) is 39.8. The summed E-state index contributed by atoms with van der Waals surface area (Å²) in [7, 11) is 0. The van der Waals surface area contributed by atoms with Crippen LogP contribution in [0.25, 0.3) is 0 Å². The lowest BCUT2D eigenvalue weighted by Crippen LogP contribution is -2.18. The number of unbranched alkanes of at least 4 members (excludes halogenated alkanes) is 18. The van der Waals surface area contributed by atoms with Crippen molar-refractivity contribution in [2.24, 2.45) is 0 Å². The van der Waals surface area contributed by atoms with E-state index in [1.807, 2.05) is 0 Å². The van der Waals surface area contributed by atoms with Crippen LogP contribution in [0.2, 0.25) is 0 Å². The minimum absolute atomic E-state index is 0.000701. The Bertz CT molecular complexity index is 610. The Labute approximate surface area is 248 Å². The molecule has 0 saturated heterocycles. The van der Waals surface area contributed by atoms with Gasteiger partial charge in [0.05, 0.1) is 0 Å². The normalized spacial score (nSPS) is 12.4. The van der Waals surface area contributed by atoms with Crippen molar-refractivity contribution in [2.75, 3.05) is 0 Å². The number of carbonyl (C=O) groups excluding carboxylic acids is 1. The lowest BCUT2D eigenvalue weighted by Gasteiger charge is -2.17.